The molecule has 1 aliphatic carbocycles. The van der Waals surface area contributed by atoms with Gasteiger partial charge in [-0.1, -0.05) is 27.7 Å². The third-order valence-electron chi connectivity index (χ3n) is 3.47. The zero-order valence-electron chi connectivity index (χ0n) is 9.02. The summed E-state index contributed by atoms with van der Waals surface area (Å²) in [6.07, 6.45) is 2.59. The van der Waals surface area contributed by atoms with E-state index < -0.39 is 5.60 Å². The molecule has 0 aliphatic heterocycles. The van der Waals surface area contributed by atoms with Crippen LogP contribution in [0.4, 0.5) is 0 Å². The molecule has 0 aromatic rings. The van der Waals surface area contributed by atoms with E-state index in [1.165, 1.54) is 0 Å². The van der Waals surface area contributed by atoms with E-state index in [4.69, 9.17) is 5.26 Å². The fourth-order valence-corrected chi connectivity index (χ4v) is 2.07. The standard InChI is InChI=1S/C11H19NO/c1-9(2)5-6-10(3,4)11(13,7-9)8-12/h13H,5-7H2,1-4H3. The van der Waals surface area contributed by atoms with E-state index in [0.29, 0.717) is 6.42 Å². The predicted molar refractivity (Wildman–Crippen MR) is 52.0 cm³/mol. The third kappa shape index (κ3) is 1.71. The SMILES string of the molecule is CC1(C)CCC(C)(C)C(O)(C#N)C1. The smallest absolute Gasteiger partial charge is 0.156 e. The Morgan fingerprint density at radius 2 is 1.69 bits per heavy atom. The van der Waals surface area contributed by atoms with Crippen molar-refractivity contribution >= 4 is 0 Å². The Labute approximate surface area is 80.6 Å². The van der Waals surface area contributed by atoms with Gasteiger partial charge in [-0.05, 0) is 24.7 Å². The van der Waals surface area contributed by atoms with Crippen LogP contribution in [0.3, 0.4) is 0 Å². The van der Waals surface area contributed by atoms with Crippen LogP contribution in [0.2, 0.25) is 0 Å². The molecule has 1 atom stereocenters. The molecule has 74 valence electrons. The van der Waals surface area contributed by atoms with Gasteiger partial charge in [0.25, 0.3) is 0 Å². The Morgan fingerprint density at radius 1 is 1.15 bits per heavy atom. The molecule has 0 bridgehead atoms. The van der Waals surface area contributed by atoms with Crippen LogP contribution >= 0.6 is 0 Å². The van der Waals surface area contributed by atoms with Gasteiger partial charge in [-0.2, -0.15) is 5.26 Å². The normalized spacial score (nSPS) is 36.6. The van der Waals surface area contributed by atoms with Gasteiger partial charge in [-0.25, -0.2) is 0 Å². The van der Waals surface area contributed by atoms with Gasteiger partial charge < -0.3 is 5.11 Å². The van der Waals surface area contributed by atoms with E-state index in [2.05, 4.69) is 19.9 Å². The van der Waals surface area contributed by atoms with Crippen LogP contribution in [-0.2, 0) is 0 Å². The van der Waals surface area contributed by atoms with Crippen molar-refractivity contribution < 1.29 is 5.11 Å². The molecule has 1 rings (SSSR count). The lowest BCUT2D eigenvalue weighted by Crippen LogP contribution is -2.50. The van der Waals surface area contributed by atoms with Crippen molar-refractivity contribution in [1.82, 2.24) is 0 Å². The quantitative estimate of drug-likeness (QED) is 0.583. The lowest BCUT2D eigenvalue weighted by atomic mass is 9.58. The number of aliphatic hydroxyl groups is 1. The summed E-state index contributed by atoms with van der Waals surface area (Å²) >= 11 is 0. The lowest BCUT2D eigenvalue weighted by molar-refractivity contribution is -0.0879. The average molecular weight is 181 g/mol. The van der Waals surface area contributed by atoms with Crippen LogP contribution < -0.4 is 0 Å². The molecule has 0 amide bonds. The summed E-state index contributed by atoms with van der Waals surface area (Å²) in [5, 5.41) is 19.2. The van der Waals surface area contributed by atoms with Gasteiger partial charge in [-0.3, -0.25) is 0 Å². The van der Waals surface area contributed by atoms with Crippen molar-refractivity contribution in [3.63, 3.8) is 0 Å². The van der Waals surface area contributed by atoms with Crippen LogP contribution in [0, 0.1) is 22.2 Å². The summed E-state index contributed by atoms with van der Waals surface area (Å²) in [6.45, 7) is 8.19. The molecule has 1 aliphatic rings. The fourth-order valence-electron chi connectivity index (χ4n) is 2.07. The van der Waals surface area contributed by atoms with E-state index in [1.807, 2.05) is 13.8 Å². The molecular formula is C11H19NO. The topological polar surface area (TPSA) is 44.0 Å². The number of nitrogens with zero attached hydrogens (tertiary/aromatic N) is 1. The second kappa shape index (κ2) is 2.72. The number of nitriles is 1. The second-order valence-corrected chi connectivity index (χ2v) is 5.70. The Kier molecular flexibility index (Phi) is 2.20. The Bertz CT molecular complexity index is 249. The molecular weight excluding hydrogens is 162 g/mol. The highest BCUT2D eigenvalue weighted by Crippen LogP contribution is 2.50. The third-order valence-corrected chi connectivity index (χ3v) is 3.47. The molecule has 1 unspecified atom stereocenters. The molecule has 0 radical (unpaired) electrons. The molecule has 1 saturated carbocycles. The maximum atomic E-state index is 10.2. The van der Waals surface area contributed by atoms with Crippen molar-refractivity contribution in [3.8, 4) is 6.07 Å². The van der Waals surface area contributed by atoms with Gasteiger partial charge in [0.05, 0.1) is 6.07 Å². The van der Waals surface area contributed by atoms with E-state index in [1.54, 1.807) is 0 Å². The van der Waals surface area contributed by atoms with Crippen molar-refractivity contribution in [3.05, 3.63) is 0 Å². The van der Waals surface area contributed by atoms with E-state index in [0.717, 1.165) is 12.8 Å². The molecule has 0 spiro atoms. The Hall–Kier alpha value is -0.550. The van der Waals surface area contributed by atoms with Gasteiger partial charge in [0.1, 0.15) is 0 Å². The minimum atomic E-state index is -1.14. The Balaban J connectivity index is 2.97. The molecule has 0 aromatic carbocycles. The van der Waals surface area contributed by atoms with Crippen LogP contribution in [0.5, 0.6) is 0 Å². The number of hydrogen-bond acceptors (Lipinski definition) is 2. The van der Waals surface area contributed by atoms with E-state index in [9.17, 15) is 5.11 Å². The van der Waals surface area contributed by atoms with E-state index >= 15 is 0 Å². The zero-order chi connectivity index (χ0) is 10.3. The summed E-state index contributed by atoms with van der Waals surface area (Å²) in [5.41, 5.74) is -1.31. The predicted octanol–water partition coefficient (Wildman–Crippen LogP) is 2.48. The summed E-state index contributed by atoms with van der Waals surface area (Å²) in [7, 11) is 0. The minimum Gasteiger partial charge on any atom is -0.375 e. The molecule has 2 heteroatoms. The monoisotopic (exact) mass is 181 g/mol. The van der Waals surface area contributed by atoms with Crippen LogP contribution in [0.25, 0.3) is 0 Å². The summed E-state index contributed by atoms with van der Waals surface area (Å²) in [5.74, 6) is 0. The van der Waals surface area contributed by atoms with Gasteiger partial charge >= 0.3 is 0 Å². The first-order valence-corrected chi connectivity index (χ1v) is 4.86. The highest BCUT2D eigenvalue weighted by atomic mass is 16.3. The number of hydrogen-bond donors (Lipinski definition) is 1. The summed E-state index contributed by atoms with van der Waals surface area (Å²) < 4.78 is 0. The molecule has 1 fully saturated rings. The fraction of sp³-hybridized carbons (Fsp3) is 0.909. The van der Waals surface area contributed by atoms with Crippen molar-refractivity contribution in [2.75, 3.05) is 0 Å². The van der Waals surface area contributed by atoms with Crippen LogP contribution in [0.15, 0.2) is 0 Å². The van der Waals surface area contributed by atoms with Gasteiger partial charge in [0.2, 0.25) is 0 Å². The molecule has 13 heavy (non-hydrogen) atoms. The maximum absolute atomic E-state index is 10.2. The first-order valence-electron chi connectivity index (χ1n) is 4.86. The van der Waals surface area contributed by atoms with Crippen molar-refractivity contribution in [2.24, 2.45) is 10.8 Å². The average Bonchev–Trinajstić information content (AvgIpc) is 1.98. The van der Waals surface area contributed by atoms with Gasteiger partial charge in [0.15, 0.2) is 5.60 Å². The summed E-state index contributed by atoms with van der Waals surface area (Å²) in [6, 6.07) is 2.08. The van der Waals surface area contributed by atoms with Crippen LogP contribution in [0.1, 0.15) is 47.0 Å². The Morgan fingerprint density at radius 3 is 2.08 bits per heavy atom. The largest absolute Gasteiger partial charge is 0.375 e. The number of rotatable bonds is 0. The zero-order valence-corrected chi connectivity index (χ0v) is 9.02. The summed E-state index contributed by atoms with van der Waals surface area (Å²) in [4.78, 5) is 0. The highest BCUT2D eigenvalue weighted by Gasteiger charge is 2.50. The molecule has 0 saturated heterocycles. The van der Waals surface area contributed by atoms with Gasteiger partial charge in [0, 0.05) is 5.41 Å². The maximum Gasteiger partial charge on any atom is 0.156 e. The van der Waals surface area contributed by atoms with Crippen LogP contribution in [-0.4, -0.2) is 10.7 Å². The molecule has 0 heterocycles. The second-order valence-electron chi connectivity index (χ2n) is 5.70. The van der Waals surface area contributed by atoms with Gasteiger partial charge in [-0.15, -0.1) is 0 Å². The lowest BCUT2D eigenvalue weighted by Gasteiger charge is -2.48. The molecule has 0 aromatic heterocycles. The minimum absolute atomic E-state index is 0.0972. The van der Waals surface area contributed by atoms with E-state index in [-0.39, 0.29) is 10.8 Å². The first kappa shape index (κ1) is 10.5. The molecule has 1 N–H and O–H groups in total. The molecule has 2 nitrogen and oxygen atoms in total. The first-order chi connectivity index (χ1) is 5.72. The van der Waals surface area contributed by atoms with Crippen molar-refractivity contribution in [1.29, 1.82) is 5.26 Å². The van der Waals surface area contributed by atoms with Crippen molar-refractivity contribution in [2.45, 2.75) is 52.6 Å². The highest BCUT2D eigenvalue weighted by molar-refractivity contribution is 5.13.